The molecule has 0 aromatic heterocycles. The number of nitrogens with zero attached hydrogens (tertiary/aromatic N) is 2. The molecule has 35 heavy (non-hydrogen) atoms. The third-order valence-electron chi connectivity index (χ3n) is 5.41. The third kappa shape index (κ3) is 5.52. The van der Waals surface area contributed by atoms with Crippen molar-refractivity contribution in [3.63, 3.8) is 0 Å². The molecule has 0 bridgehead atoms. The Morgan fingerprint density at radius 3 is 2.49 bits per heavy atom. The van der Waals surface area contributed by atoms with E-state index >= 15 is 0 Å². The second-order valence-corrected chi connectivity index (χ2v) is 8.48. The molecule has 2 aromatic carbocycles. The second kappa shape index (κ2) is 10.7. The van der Waals surface area contributed by atoms with E-state index in [2.05, 4.69) is 21.2 Å². The number of amides is 5. The van der Waals surface area contributed by atoms with Crippen LogP contribution in [-0.2, 0) is 19.1 Å². The SMILES string of the molecule is COc1ccc(N2C(=O)NC(=O)/C(=C\c3ccc(OCC(=O)N4CCOCC4)c(Br)c3)C2=O)cc1. The number of barbiturate groups is 1. The molecule has 2 aliphatic rings. The number of hydrogen-bond acceptors (Lipinski definition) is 7. The van der Waals surface area contributed by atoms with Crippen LogP contribution in [0.25, 0.3) is 6.08 Å². The number of hydrogen-bond donors (Lipinski definition) is 1. The number of carbonyl (C=O) groups excluding carboxylic acids is 4. The fourth-order valence-electron chi connectivity index (χ4n) is 3.56. The number of halogens is 1. The van der Waals surface area contributed by atoms with Crippen molar-refractivity contribution in [2.45, 2.75) is 0 Å². The Labute approximate surface area is 209 Å². The first-order chi connectivity index (χ1) is 16.9. The molecular weight excluding hydrogens is 522 g/mol. The average Bonchev–Trinajstić information content (AvgIpc) is 2.86. The minimum absolute atomic E-state index is 0.126. The molecule has 4 rings (SSSR count). The summed E-state index contributed by atoms with van der Waals surface area (Å²) >= 11 is 3.40. The van der Waals surface area contributed by atoms with Crippen LogP contribution in [0, 0.1) is 0 Å². The van der Waals surface area contributed by atoms with Crippen LogP contribution in [-0.4, -0.2) is 68.7 Å². The predicted octanol–water partition coefficient (Wildman–Crippen LogP) is 2.36. The second-order valence-electron chi connectivity index (χ2n) is 7.63. The van der Waals surface area contributed by atoms with E-state index < -0.39 is 17.8 Å². The molecule has 0 saturated carbocycles. The van der Waals surface area contributed by atoms with E-state index in [-0.39, 0.29) is 18.1 Å². The number of nitrogens with one attached hydrogen (secondary N) is 1. The zero-order chi connectivity index (χ0) is 24.9. The first-order valence-corrected chi connectivity index (χ1v) is 11.5. The highest BCUT2D eigenvalue weighted by Crippen LogP contribution is 2.28. The molecule has 2 fully saturated rings. The van der Waals surface area contributed by atoms with Gasteiger partial charge in [0, 0.05) is 13.1 Å². The maximum Gasteiger partial charge on any atom is 0.335 e. The number of imide groups is 2. The molecule has 2 saturated heterocycles. The van der Waals surface area contributed by atoms with Crippen LogP contribution in [0.15, 0.2) is 52.5 Å². The third-order valence-corrected chi connectivity index (χ3v) is 6.03. The number of ether oxygens (including phenoxy) is 3. The van der Waals surface area contributed by atoms with Crippen molar-refractivity contribution in [2.24, 2.45) is 0 Å². The number of rotatable bonds is 6. The molecule has 1 N–H and O–H groups in total. The number of methoxy groups -OCH3 is 1. The Morgan fingerprint density at radius 2 is 1.83 bits per heavy atom. The average molecular weight is 544 g/mol. The molecule has 2 aromatic rings. The van der Waals surface area contributed by atoms with Gasteiger partial charge < -0.3 is 19.1 Å². The highest BCUT2D eigenvalue weighted by Gasteiger charge is 2.36. The monoisotopic (exact) mass is 543 g/mol. The number of benzene rings is 2. The normalized spacial score (nSPS) is 17.4. The van der Waals surface area contributed by atoms with Crippen LogP contribution in [0.2, 0.25) is 0 Å². The molecule has 0 spiro atoms. The van der Waals surface area contributed by atoms with Gasteiger partial charge in [0.05, 0.1) is 30.5 Å². The van der Waals surface area contributed by atoms with Crippen molar-refractivity contribution in [3.05, 3.63) is 58.1 Å². The minimum Gasteiger partial charge on any atom is -0.497 e. The minimum atomic E-state index is -0.836. The smallest absolute Gasteiger partial charge is 0.335 e. The van der Waals surface area contributed by atoms with Crippen molar-refractivity contribution in [1.82, 2.24) is 10.2 Å². The van der Waals surface area contributed by atoms with Crippen LogP contribution in [0.1, 0.15) is 5.56 Å². The molecule has 0 radical (unpaired) electrons. The molecule has 2 aliphatic heterocycles. The number of anilines is 1. The largest absolute Gasteiger partial charge is 0.497 e. The molecule has 182 valence electrons. The van der Waals surface area contributed by atoms with E-state index in [1.165, 1.54) is 13.2 Å². The lowest BCUT2D eigenvalue weighted by molar-refractivity contribution is -0.137. The summed E-state index contributed by atoms with van der Waals surface area (Å²) in [6.45, 7) is 1.95. The van der Waals surface area contributed by atoms with Crippen molar-refractivity contribution in [3.8, 4) is 11.5 Å². The van der Waals surface area contributed by atoms with Gasteiger partial charge in [-0.25, -0.2) is 9.69 Å². The lowest BCUT2D eigenvalue weighted by Crippen LogP contribution is -2.54. The van der Waals surface area contributed by atoms with Crippen LogP contribution in [0.3, 0.4) is 0 Å². The van der Waals surface area contributed by atoms with E-state index in [0.717, 1.165) is 4.90 Å². The topological polar surface area (TPSA) is 114 Å². The Morgan fingerprint density at radius 1 is 1.11 bits per heavy atom. The molecule has 0 atom stereocenters. The van der Waals surface area contributed by atoms with E-state index in [9.17, 15) is 19.2 Å². The fourth-order valence-corrected chi connectivity index (χ4v) is 4.07. The van der Waals surface area contributed by atoms with E-state index in [0.29, 0.717) is 53.5 Å². The van der Waals surface area contributed by atoms with Crippen molar-refractivity contribution in [2.75, 3.05) is 44.9 Å². The van der Waals surface area contributed by atoms with E-state index in [1.54, 1.807) is 47.4 Å². The Kier molecular flexibility index (Phi) is 7.47. The summed E-state index contributed by atoms with van der Waals surface area (Å²) in [6, 6.07) is 10.4. The van der Waals surface area contributed by atoms with Crippen molar-refractivity contribution in [1.29, 1.82) is 0 Å². The molecule has 11 heteroatoms. The zero-order valence-electron chi connectivity index (χ0n) is 18.8. The maximum absolute atomic E-state index is 13.0. The Hall–Kier alpha value is -3.70. The van der Waals surface area contributed by atoms with Gasteiger partial charge in [-0.3, -0.25) is 19.7 Å². The summed E-state index contributed by atoms with van der Waals surface area (Å²) < 4.78 is 16.5. The van der Waals surface area contributed by atoms with Gasteiger partial charge in [0.1, 0.15) is 17.1 Å². The summed E-state index contributed by atoms with van der Waals surface area (Å²) in [7, 11) is 1.50. The van der Waals surface area contributed by atoms with Crippen LogP contribution < -0.4 is 19.7 Å². The number of carbonyl (C=O) groups is 4. The highest BCUT2D eigenvalue weighted by molar-refractivity contribution is 9.10. The molecule has 10 nitrogen and oxygen atoms in total. The van der Waals surface area contributed by atoms with E-state index in [4.69, 9.17) is 14.2 Å². The standard InChI is InChI=1S/C24H22BrN3O7/c1-33-17-5-3-16(4-6-17)28-23(31)18(22(30)26-24(28)32)12-15-2-7-20(19(25)13-15)35-14-21(29)27-8-10-34-11-9-27/h2-7,12-13H,8-11,14H2,1H3,(H,26,30,32)/b18-12+. The lowest BCUT2D eigenvalue weighted by atomic mass is 10.1. The van der Waals surface area contributed by atoms with E-state index in [1.807, 2.05) is 0 Å². The lowest BCUT2D eigenvalue weighted by Gasteiger charge is -2.27. The van der Waals surface area contributed by atoms with Gasteiger partial charge in [-0.1, -0.05) is 6.07 Å². The van der Waals surface area contributed by atoms with Gasteiger partial charge >= 0.3 is 6.03 Å². The number of morpholine rings is 1. The van der Waals surface area contributed by atoms with Crippen LogP contribution in [0.5, 0.6) is 11.5 Å². The van der Waals surface area contributed by atoms with Gasteiger partial charge in [0.2, 0.25) is 0 Å². The van der Waals surface area contributed by atoms with Gasteiger partial charge in [0.25, 0.3) is 17.7 Å². The molecule has 0 unspecified atom stereocenters. The Bertz CT molecular complexity index is 1190. The predicted molar refractivity (Wildman–Crippen MR) is 129 cm³/mol. The summed E-state index contributed by atoms with van der Waals surface area (Å²) in [6.07, 6.45) is 1.38. The maximum atomic E-state index is 13.0. The summed E-state index contributed by atoms with van der Waals surface area (Å²) in [5.41, 5.74) is 0.608. The van der Waals surface area contributed by atoms with Gasteiger partial charge in [0.15, 0.2) is 6.61 Å². The quantitative estimate of drug-likeness (QED) is 0.439. The first kappa shape index (κ1) is 24.4. The molecule has 5 amide bonds. The molecule has 0 aliphatic carbocycles. The summed E-state index contributed by atoms with van der Waals surface area (Å²) in [5, 5.41) is 2.19. The van der Waals surface area contributed by atoms with Gasteiger partial charge in [-0.2, -0.15) is 0 Å². The fraction of sp³-hybridized carbons (Fsp3) is 0.250. The van der Waals surface area contributed by atoms with Gasteiger partial charge in [-0.05, 0) is 64.0 Å². The zero-order valence-corrected chi connectivity index (χ0v) is 20.4. The van der Waals surface area contributed by atoms with Crippen LogP contribution >= 0.6 is 15.9 Å². The Balaban J connectivity index is 1.49. The van der Waals surface area contributed by atoms with Gasteiger partial charge in [-0.15, -0.1) is 0 Å². The molecular formula is C24H22BrN3O7. The number of urea groups is 1. The highest BCUT2D eigenvalue weighted by atomic mass is 79.9. The van der Waals surface area contributed by atoms with Crippen LogP contribution in [0.4, 0.5) is 10.5 Å². The molecule has 2 heterocycles. The summed E-state index contributed by atoms with van der Waals surface area (Å²) in [5.74, 6) is -0.694. The van der Waals surface area contributed by atoms with Crippen molar-refractivity contribution < 1.29 is 33.4 Å². The summed E-state index contributed by atoms with van der Waals surface area (Å²) in [4.78, 5) is 52.7. The van der Waals surface area contributed by atoms with Crippen molar-refractivity contribution >= 4 is 51.4 Å². The first-order valence-electron chi connectivity index (χ1n) is 10.7.